The van der Waals surface area contributed by atoms with Gasteiger partial charge in [0, 0.05) is 39.3 Å². The van der Waals surface area contributed by atoms with Crippen LogP contribution in [0.2, 0.25) is 0 Å². The van der Waals surface area contributed by atoms with Crippen LogP contribution >= 0.6 is 0 Å². The fourth-order valence-corrected chi connectivity index (χ4v) is 4.58. The van der Waals surface area contributed by atoms with Gasteiger partial charge in [-0.15, -0.1) is 0 Å². The van der Waals surface area contributed by atoms with Gasteiger partial charge >= 0.3 is 0 Å². The number of ether oxygens (including phenoxy) is 1. The Morgan fingerprint density at radius 1 is 1.19 bits per heavy atom. The Morgan fingerprint density at radius 2 is 1.89 bits per heavy atom. The molecule has 27 heavy (non-hydrogen) atoms. The van der Waals surface area contributed by atoms with Gasteiger partial charge < -0.3 is 10.1 Å². The predicted molar refractivity (Wildman–Crippen MR) is 104 cm³/mol. The number of hydrogen-bond donors (Lipinski definition) is 1. The molecule has 1 N–H and O–H groups in total. The van der Waals surface area contributed by atoms with E-state index in [1.807, 2.05) is 18.2 Å². The maximum Gasteiger partial charge on any atom is 0.224 e. The largest absolute Gasteiger partial charge is 0.379 e. The van der Waals surface area contributed by atoms with Crippen LogP contribution in [0.25, 0.3) is 0 Å². The summed E-state index contributed by atoms with van der Waals surface area (Å²) in [6.45, 7) is 5.46. The minimum Gasteiger partial charge on any atom is -0.379 e. The minimum atomic E-state index is -3.24. The molecule has 2 aliphatic heterocycles. The molecule has 2 fully saturated rings. The first kappa shape index (κ1) is 20.3. The molecule has 7 nitrogen and oxygen atoms in total. The van der Waals surface area contributed by atoms with E-state index in [1.165, 1.54) is 16.1 Å². The highest BCUT2D eigenvalue weighted by Gasteiger charge is 2.30. The highest BCUT2D eigenvalue weighted by Crippen LogP contribution is 2.19. The van der Waals surface area contributed by atoms with Gasteiger partial charge in [0.15, 0.2) is 0 Å². The molecular formula is C19H29N3O4S. The van der Waals surface area contributed by atoms with Crippen LogP contribution < -0.4 is 5.32 Å². The number of nitrogens with zero attached hydrogens (tertiary/aromatic N) is 2. The molecular weight excluding hydrogens is 366 g/mol. The molecule has 3 rings (SSSR count). The number of hydrogen-bond acceptors (Lipinski definition) is 5. The first-order chi connectivity index (χ1) is 12.9. The van der Waals surface area contributed by atoms with E-state index in [4.69, 9.17) is 4.74 Å². The molecule has 2 heterocycles. The van der Waals surface area contributed by atoms with Crippen molar-refractivity contribution in [2.24, 2.45) is 5.92 Å². The Hall–Kier alpha value is -1.48. The van der Waals surface area contributed by atoms with Gasteiger partial charge in [0.1, 0.15) is 0 Å². The normalized spacial score (nSPS) is 22.5. The van der Waals surface area contributed by atoms with E-state index >= 15 is 0 Å². The summed E-state index contributed by atoms with van der Waals surface area (Å²) < 4.78 is 30.3. The zero-order valence-corrected chi connectivity index (χ0v) is 16.7. The number of sulfonamides is 1. The Labute approximate surface area is 161 Å². The van der Waals surface area contributed by atoms with Crippen molar-refractivity contribution in [2.75, 3.05) is 45.6 Å². The van der Waals surface area contributed by atoms with E-state index in [0.29, 0.717) is 13.1 Å². The Balaban J connectivity index is 1.57. The third-order valence-corrected chi connectivity index (χ3v) is 6.56. The molecule has 0 bridgehead atoms. The van der Waals surface area contributed by atoms with Crippen LogP contribution in [-0.2, 0) is 32.6 Å². The lowest BCUT2D eigenvalue weighted by atomic mass is 9.98. The molecule has 1 amide bonds. The van der Waals surface area contributed by atoms with E-state index in [-0.39, 0.29) is 18.4 Å². The summed E-state index contributed by atoms with van der Waals surface area (Å²) in [5.41, 5.74) is 2.31. The van der Waals surface area contributed by atoms with Gasteiger partial charge in [0.2, 0.25) is 15.9 Å². The molecule has 8 heteroatoms. The quantitative estimate of drug-likeness (QED) is 0.771. The third kappa shape index (κ3) is 5.75. The smallest absolute Gasteiger partial charge is 0.224 e. The Kier molecular flexibility index (Phi) is 6.86. The summed E-state index contributed by atoms with van der Waals surface area (Å²) in [5, 5.41) is 3.01. The van der Waals surface area contributed by atoms with Crippen LogP contribution in [0.3, 0.4) is 0 Å². The lowest BCUT2D eigenvalue weighted by Gasteiger charge is -2.30. The molecule has 0 aliphatic carbocycles. The van der Waals surface area contributed by atoms with E-state index < -0.39 is 10.0 Å². The summed E-state index contributed by atoms with van der Waals surface area (Å²) >= 11 is 0. The zero-order chi connectivity index (χ0) is 19.3. The van der Waals surface area contributed by atoms with E-state index in [9.17, 15) is 13.2 Å². The van der Waals surface area contributed by atoms with Crippen molar-refractivity contribution in [2.45, 2.75) is 25.9 Å². The van der Waals surface area contributed by atoms with Gasteiger partial charge in [-0.25, -0.2) is 12.7 Å². The standard InChI is InChI=1S/C19H29N3O4S/c1-27(24,25)22-8-4-7-18(15-22)19(23)20-13-16-5-2-3-6-17(16)14-21-9-11-26-12-10-21/h2-3,5-6,18H,4,7-15H2,1H3,(H,20,23). The van der Waals surface area contributed by atoms with E-state index in [1.54, 1.807) is 0 Å². The van der Waals surface area contributed by atoms with Crippen molar-refractivity contribution in [3.63, 3.8) is 0 Å². The van der Waals surface area contributed by atoms with Gasteiger partial charge in [-0.3, -0.25) is 9.69 Å². The monoisotopic (exact) mass is 395 g/mol. The molecule has 150 valence electrons. The highest BCUT2D eigenvalue weighted by atomic mass is 32.2. The van der Waals surface area contributed by atoms with Crippen molar-refractivity contribution in [1.29, 1.82) is 0 Å². The summed E-state index contributed by atoms with van der Waals surface area (Å²) in [5.74, 6) is -0.343. The molecule has 1 aromatic rings. The summed E-state index contributed by atoms with van der Waals surface area (Å²) in [7, 11) is -3.24. The maximum absolute atomic E-state index is 12.6. The van der Waals surface area contributed by atoms with Crippen molar-refractivity contribution < 1.29 is 17.9 Å². The predicted octanol–water partition coefficient (Wildman–Crippen LogP) is 0.807. The number of rotatable bonds is 6. The number of carbonyl (C=O) groups excluding carboxylic acids is 1. The topological polar surface area (TPSA) is 79.0 Å². The highest BCUT2D eigenvalue weighted by molar-refractivity contribution is 7.88. The summed E-state index contributed by atoms with van der Waals surface area (Å²) in [4.78, 5) is 14.9. The number of benzene rings is 1. The van der Waals surface area contributed by atoms with Crippen LogP contribution in [0, 0.1) is 5.92 Å². The fourth-order valence-electron chi connectivity index (χ4n) is 3.67. The second kappa shape index (κ2) is 9.14. The zero-order valence-electron chi connectivity index (χ0n) is 15.9. The second-order valence-electron chi connectivity index (χ2n) is 7.34. The summed E-state index contributed by atoms with van der Waals surface area (Å²) in [6, 6.07) is 8.14. The number of nitrogens with one attached hydrogen (secondary N) is 1. The fraction of sp³-hybridized carbons (Fsp3) is 0.632. The van der Waals surface area contributed by atoms with E-state index in [0.717, 1.165) is 51.3 Å². The number of amides is 1. The van der Waals surface area contributed by atoms with Crippen LogP contribution in [0.4, 0.5) is 0 Å². The molecule has 0 radical (unpaired) electrons. The Morgan fingerprint density at radius 3 is 2.59 bits per heavy atom. The van der Waals surface area contributed by atoms with Crippen molar-refractivity contribution in [3.8, 4) is 0 Å². The van der Waals surface area contributed by atoms with Crippen molar-refractivity contribution >= 4 is 15.9 Å². The third-order valence-electron chi connectivity index (χ3n) is 5.29. The van der Waals surface area contributed by atoms with Gasteiger partial charge in [-0.05, 0) is 24.0 Å². The number of morpholine rings is 1. The SMILES string of the molecule is CS(=O)(=O)N1CCCC(C(=O)NCc2ccccc2CN2CCOCC2)C1. The second-order valence-corrected chi connectivity index (χ2v) is 9.32. The lowest BCUT2D eigenvalue weighted by molar-refractivity contribution is -0.126. The average molecular weight is 396 g/mol. The molecule has 2 aliphatic rings. The van der Waals surface area contributed by atoms with Crippen LogP contribution in [0.15, 0.2) is 24.3 Å². The maximum atomic E-state index is 12.6. The van der Waals surface area contributed by atoms with Crippen LogP contribution in [-0.4, -0.2) is 69.2 Å². The van der Waals surface area contributed by atoms with Gasteiger partial charge in [-0.2, -0.15) is 0 Å². The number of carbonyl (C=O) groups is 1. The van der Waals surface area contributed by atoms with Crippen molar-refractivity contribution in [3.05, 3.63) is 35.4 Å². The van der Waals surface area contributed by atoms with Gasteiger partial charge in [0.25, 0.3) is 0 Å². The lowest BCUT2D eigenvalue weighted by Crippen LogP contribution is -2.45. The molecule has 0 aromatic heterocycles. The molecule has 1 unspecified atom stereocenters. The average Bonchev–Trinajstić information content (AvgIpc) is 2.67. The number of piperidine rings is 1. The summed E-state index contributed by atoms with van der Waals surface area (Å²) in [6.07, 6.45) is 2.65. The van der Waals surface area contributed by atoms with Crippen LogP contribution in [0.1, 0.15) is 24.0 Å². The van der Waals surface area contributed by atoms with E-state index in [2.05, 4.69) is 16.3 Å². The molecule has 2 saturated heterocycles. The van der Waals surface area contributed by atoms with Crippen molar-refractivity contribution in [1.82, 2.24) is 14.5 Å². The van der Waals surface area contributed by atoms with Crippen LogP contribution in [0.5, 0.6) is 0 Å². The first-order valence-electron chi connectivity index (χ1n) is 9.53. The van der Waals surface area contributed by atoms with Gasteiger partial charge in [-0.1, -0.05) is 24.3 Å². The molecule has 0 spiro atoms. The first-order valence-corrected chi connectivity index (χ1v) is 11.4. The van der Waals surface area contributed by atoms with Gasteiger partial charge in [0.05, 0.1) is 25.4 Å². The minimum absolute atomic E-state index is 0.0653. The Bertz CT molecular complexity index is 747. The molecule has 0 saturated carbocycles. The molecule has 1 aromatic carbocycles. The molecule has 1 atom stereocenters.